The van der Waals surface area contributed by atoms with Gasteiger partial charge < -0.3 is 9.47 Å². The van der Waals surface area contributed by atoms with Gasteiger partial charge >= 0.3 is 11.9 Å². The minimum Gasteiger partial charge on any atom is -0.462 e. The van der Waals surface area contributed by atoms with E-state index in [2.05, 4.69) is 33.8 Å². The smallest absolute Gasteiger partial charge is 0.302 e. The second-order valence-corrected chi connectivity index (χ2v) is 10.9. The van der Waals surface area contributed by atoms with Gasteiger partial charge in [0.15, 0.2) is 0 Å². The minimum absolute atomic E-state index is 0.0271. The minimum atomic E-state index is -0.163. The molecule has 3 saturated carbocycles. The molecule has 0 aromatic heterocycles. The van der Waals surface area contributed by atoms with Gasteiger partial charge in [0.25, 0.3) is 0 Å². The molecule has 0 spiro atoms. The molecule has 0 aliphatic heterocycles. The maximum Gasteiger partial charge on any atom is 0.302 e. The van der Waals surface area contributed by atoms with Crippen molar-refractivity contribution in [2.24, 2.45) is 40.4 Å². The van der Waals surface area contributed by atoms with Gasteiger partial charge in [0.2, 0.25) is 0 Å². The molecular formula is C25H38O4. The van der Waals surface area contributed by atoms with Gasteiger partial charge in [-0.1, -0.05) is 39.3 Å². The van der Waals surface area contributed by atoms with E-state index < -0.39 is 0 Å². The number of carbonyl (C=O) groups excluding carboxylic acids is 2. The molecule has 4 nitrogen and oxygen atoms in total. The second-order valence-electron chi connectivity index (χ2n) is 10.9. The van der Waals surface area contributed by atoms with Crippen LogP contribution in [0.1, 0.15) is 80.1 Å². The van der Waals surface area contributed by atoms with Crippen molar-refractivity contribution in [2.45, 2.75) is 92.3 Å². The van der Waals surface area contributed by atoms with Crippen molar-refractivity contribution in [3.8, 4) is 0 Å². The third-order valence-corrected chi connectivity index (χ3v) is 9.51. The maximum absolute atomic E-state index is 11.7. The Kier molecular flexibility index (Phi) is 5.15. The average molecular weight is 403 g/mol. The summed E-state index contributed by atoms with van der Waals surface area (Å²) in [5, 5.41) is 0. The SMILES string of the molecule is CC(=O)O[C@@H]1CC2=C[C@@H](C)[C@H]3[C@@H]4CC[C@H](OC(C)=O)[C@@]4(C)CC[C@@H]3[C@@]2(C)[C@H](C)C1. The largest absolute Gasteiger partial charge is 0.462 e. The fraction of sp³-hybridized carbons (Fsp3) is 0.840. The third kappa shape index (κ3) is 3.16. The van der Waals surface area contributed by atoms with Crippen molar-refractivity contribution in [3.05, 3.63) is 11.6 Å². The molecule has 4 aliphatic rings. The van der Waals surface area contributed by atoms with Crippen molar-refractivity contribution in [1.29, 1.82) is 0 Å². The molecule has 0 radical (unpaired) electrons. The van der Waals surface area contributed by atoms with Gasteiger partial charge in [-0.05, 0) is 67.1 Å². The van der Waals surface area contributed by atoms with E-state index in [4.69, 9.17) is 9.47 Å². The van der Waals surface area contributed by atoms with Crippen LogP contribution in [0.15, 0.2) is 11.6 Å². The standard InChI is InChI=1S/C25H38O4/c1-14-11-18-13-19(28-16(3)26)12-15(2)25(18,6)21-9-10-24(5)20(23(14)21)7-8-22(24)29-17(4)27/h11,14-15,19-23H,7-10,12-13H2,1-6H3/t14-,15-,19+,20+,21+,22+,23+,24+,25+/m1/s1. The Labute approximate surface area is 175 Å². The van der Waals surface area contributed by atoms with E-state index in [1.165, 1.54) is 25.3 Å². The Hall–Kier alpha value is -1.32. The van der Waals surface area contributed by atoms with E-state index in [1.807, 2.05) is 0 Å². The average Bonchev–Trinajstić information content (AvgIpc) is 2.93. The van der Waals surface area contributed by atoms with Crippen molar-refractivity contribution in [1.82, 2.24) is 0 Å². The number of hydrogen-bond donors (Lipinski definition) is 0. The summed E-state index contributed by atoms with van der Waals surface area (Å²) < 4.78 is 11.4. The zero-order valence-electron chi connectivity index (χ0n) is 19.0. The number of hydrogen-bond acceptors (Lipinski definition) is 4. The van der Waals surface area contributed by atoms with Crippen LogP contribution in [0.5, 0.6) is 0 Å². The predicted molar refractivity (Wildman–Crippen MR) is 112 cm³/mol. The van der Waals surface area contributed by atoms with Crippen LogP contribution in [0.4, 0.5) is 0 Å². The molecule has 0 saturated heterocycles. The highest BCUT2D eigenvalue weighted by atomic mass is 16.5. The Morgan fingerprint density at radius 1 is 1.00 bits per heavy atom. The first kappa shape index (κ1) is 20.9. The van der Waals surface area contributed by atoms with Gasteiger partial charge in [-0.25, -0.2) is 0 Å². The summed E-state index contributed by atoms with van der Waals surface area (Å²) in [6, 6.07) is 0. The first-order valence-electron chi connectivity index (χ1n) is 11.6. The van der Waals surface area contributed by atoms with Gasteiger partial charge in [-0.2, -0.15) is 0 Å². The molecule has 4 aliphatic carbocycles. The fourth-order valence-electron chi connectivity index (χ4n) is 8.08. The Bertz CT molecular complexity index is 726. The van der Waals surface area contributed by atoms with Crippen LogP contribution in [0.2, 0.25) is 0 Å². The Morgan fingerprint density at radius 3 is 2.34 bits per heavy atom. The zero-order valence-corrected chi connectivity index (χ0v) is 19.0. The molecular weight excluding hydrogens is 364 g/mol. The van der Waals surface area contributed by atoms with Gasteiger partial charge in [0.1, 0.15) is 12.2 Å². The summed E-state index contributed by atoms with van der Waals surface area (Å²) in [5.41, 5.74) is 1.82. The topological polar surface area (TPSA) is 52.6 Å². The molecule has 4 rings (SSSR count). The van der Waals surface area contributed by atoms with Crippen LogP contribution < -0.4 is 0 Å². The van der Waals surface area contributed by atoms with Crippen LogP contribution in [-0.4, -0.2) is 24.1 Å². The van der Waals surface area contributed by atoms with Crippen molar-refractivity contribution < 1.29 is 19.1 Å². The predicted octanol–water partition coefficient (Wildman–Crippen LogP) is 5.30. The van der Waals surface area contributed by atoms with E-state index in [9.17, 15) is 9.59 Å². The molecule has 0 aromatic rings. The molecule has 29 heavy (non-hydrogen) atoms. The molecule has 0 heterocycles. The van der Waals surface area contributed by atoms with Gasteiger partial charge in [0.05, 0.1) is 0 Å². The van der Waals surface area contributed by atoms with Crippen molar-refractivity contribution in [2.75, 3.05) is 0 Å². The fourth-order valence-corrected chi connectivity index (χ4v) is 8.08. The van der Waals surface area contributed by atoms with Crippen molar-refractivity contribution >= 4 is 11.9 Å². The van der Waals surface area contributed by atoms with Gasteiger partial charge in [-0.15, -0.1) is 0 Å². The van der Waals surface area contributed by atoms with E-state index >= 15 is 0 Å². The Morgan fingerprint density at radius 2 is 1.69 bits per heavy atom. The lowest BCUT2D eigenvalue weighted by Gasteiger charge is -2.61. The summed E-state index contributed by atoms with van der Waals surface area (Å²) in [6.07, 6.45) is 9.01. The number of allylic oxidation sites excluding steroid dienone is 1. The first-order valence-corrected chi connectivity index (χ1v) is 11.6. The molecule has 0 amide bonds. The zero-order chi connectivity index (χ0) is 21.1. The quantitative estimate of drug-likeness (QED) is 0.464. The molecule has 162 valence electrons. The second kappa shape index (κ2) is 7.13. The van der Waals surface area contributed by atoms with Crippen LogP contribution in [-0.2, 0) is 19.1 Å². The highest BCUT2D eigenvalue weighted by Gasteiger charge is 2.62. The molecule has 9 atom stereocenters. The first-order chi connectivity index (χ1) is 13.6. The van der Waals surface area contributed by atoms with Gasteiger partial charge in [0, 0.05) is 25.7 Å². The molecule has 0 bridgehead atoms. The molecule has 0 aromatic carbocycles. The van der Waals surface area contributed by atoms with E-state index in [-0.39, 0.29) is 35.0 Å². The summed E-state index contributed by atoms with van der Waals surface area (Å²) in [4.78, 5) is 23.2. The molecule has 3 fully saturated rings. The highest BCUT2D eigenvalue weighted by molar-refractivity contribution is 5.66. The van der Waals surface area contributed by atoms with Gasteiger partial charge in [-0.3, -0.25) is 9.59 Å². The monoisotopic (exact) mass is 402 g/mol. The van der Waals surface area contributed by atoms with Crippen LogP contribution in [0, 0.1) is 40.4 Å². The summed E-state index contributed by atoms with van der Waals surface area (Å²) in [6.45, 7) is 12.7. The van der Waals surface area contributed by atoms with Crippen LogP contribution in [0.3, 0.4) is 0 Å². The number of esters is 2. The summed E-state index contributed by atoms with van der Waals surface area (Å²) in [5.74, 6) is 2.66. The molecule has 0 unspecified atom stereocenters. The van der Waals surface area contributed by atoms with Crippen LogP contribution >= 0.6 is 0 Å². The lowest BCUT2D eigenvalue weighted by atomic mass is 9.44. The normalized spacial score (nSPS) is 48.6. The summed E-state index contributed by atoms with van der Waals surface area (Å²) >= 11 is 0. The summed E-state index contributed by atoms with van der Waals surface area (Å²) in [7, 11) is 0. The van der Waals surface area contributed by atoms with E-state index in [1.54, 1.807) is 6.92 Å². The number of ether oxygens (including phenoxy) is 2. The van der Waals surface area contributed by atoms with E-state index in [0.717, 1.165) is 25.7 Å². The molecule has 4 heteroatoms. The Balaban J connectivity index is 1.65. The lowest BCUT2D eigenvalue weighted by molar-refractivity contribution is -0.159. The number of rotatable bonds is 2. The number of carbonyl (C=O) groups is 2. The molecule has 0 N–H and O–H groups in total. The third-order valence-electron chi connectivity index (χ3n) is 9.51. The maximum atomic E-state index is 11.7. The van der Waals surface area contributed by atoms with E-state index in [0.29, 0.717) is 29.6 Å². The highest BCUT2D eigenvalue weighted by Crippen LogP contribution is 2.67. The number of fused-ring (bicyclic) bond motifs is 5. The van der Waals surface area contributed by atoms with Crippen molar-refractivity contribution in [3.63, 3.8) is 0 Å². The lowest BCUT2D eigenvalue weighted by Crippen LogP contribution is -2.56. The van der Waals surface area contributed by atoms with Crippen LogP contribution in [0.25, 0.3) is 0 Å².